The minimum absolute atomic E-state index is 0.103. The van der Waals surface area contributed by atoms with Crippen LogP contribution in [0, 0.1) is 0 Å². The van der Waals surface area contributed by atoms with Crippen LogP contribution < -0.4 is 0 Å². The van der Waals surface area contributed by atoms with Crippen LogP contribution in [0.2, 0.25) is 0 Å². The fourth-order valence-corrected chi connectivity index (χ4v) is 4.32. The summed E-state index contributed by atoms with van der Waals surface area (Å²) in [6.45, 7) is 3.19. The second kappa shape index (κ2) is 6.79. The number of nitrogens with zero attached hydrogens (tertiary/aromatic N) is 2. The Morgan fingerprint density at radius 1 is 0.960 bits per heavy atom. The van der Waals surface area contributed by atoms with Crippen molar-refractivity contribution in [1.82, 2.24) is 9.80 Å². The van der Waals surface area contributed by atoms with Gasteiger partial charge in [-0.15, -0.1) is 0 Å². The Labute approximate surface area is 148 Å². The molecule has 1 saturated carbocycles. The first-order chi connectivity index (χ1) is 12.2. The van der Waals surface area contributed by atoms with E-state index < -0.39 is 0 Å². The average molecular weight is 342 g/mol. The zero-order valence-corrected chi connectivity index (χ0v) is 14.7. The molecule has 1 atom stereocenters. The molecule has 1 aliphatic carbocycles. The number of piperazine rings is 1. The summed E-state index contributed by atoms with van der Waals surface area (Å²) in [6.07, 6.45) is 4.52. The topological polar surface area (TPSA) is 49.9 Å². The summed E-state index contributed by atoms with van der Waals surface area (Å²) >= 11 is 0. The number of hydrogen-bond acceptors (Lipinski definition) is 3. The van der Waals surface area contributed by atoms with E-state index in [4.69, 9.17) is 4.74 Å². The van der Waals surface area contributed by atoms with Gasteiger partial charge in [0.15, 0.2) is 0 Å². The van der Waals surface area contributed by atoms with E-state index >= 15 is 0 Å². The fourth-order valence-electron chi connectivity index (χ4n) is 4.32. The molecule has 0 N–H and O–H groups in total. The molecule has 2 saturated heterocycles. The lowest BCUT2D eigenvalue weighted by Gasteiger charge is -2.46. The maximum atomic E-state index is 13.2. The van der Waals surface area contributed by atoms with Crippen LogP contribution in [0.15, 0.2) is 30.3 Å². The number of rotatable bonds is 3. The Kier molecular flexibility index (Phi) is 4.50. The Morgan fingerprint density at radius 3 is 2.20 bits per heavy atom. The molecule has 2 aliphatic heterocycles. The molecule has 5 nitrogen and oxygen atoms in total. The van der Waals surface area contributed by atoms with E-state index in [9.17, 15) is 9.59 Å². The summed E-state index contributed by atoms with van der Waals surface area (Å²) in [5.41, 5.74) is 0.811. The predicted octanol–water partition coefficient (Wildman–Crippen LogP) is 1.96. The molecular formula is C20H26N2O3. The summed E-state index contributed by atoms with van der Waals surface area (Å²) < 4.78 is 5.51. The summed E-state index contributed by atoms with van der Waals surface area (Å²) in [7, 11) is 0. The normalized spacial score (nSPS) is 25.5. The Hall–Kier alpha value is -1.88. The third-order valence-corrected chi connectivity index (χ3v) is 6.03. The first-order valence-corrected chi connectivity index (χ1v) is 9.46. The Balaban J connectivity index is 1.40. The SMILES string of the molecule is O=C(C1CCCO1)N1CCN(C(=O)C2(c3ccccc3)CCC2)CC1. The number of hydrogen-bond donors (Lipinski definition) is 0. The van der Waals surface area contributed by atoms with Crippen molar-refractivity contribution in [2.75, 3.05) is 32.8 Å². The monoisotopic (exact) mass is 342 g/mol. The molecule has 1 aromatic carbocycles. The van der Waals surface area contributed by atoms with Crippen LogP contribution >= 0.6 is 0 Å². The van der Waals surface area contributed by atoms with E-state index in [2.05, 4.69) is 12.1 Å². The summed E-state index contributed by atoms with van der Waals surface area (Å²) in [5.74, 6) is 0.347. The van der Waals surface area contributed by atoms with Gasteiger partial charge in [0.2, 0.25) is 5.91 Å². The molecule has 134 valence electrons. The van der Waals surface area contributed by atoms with Gasteiger partial charge in [-0.3, -0.25) is 9.59 Å². The lowest BCUT2D eigenvalue weighted by atomic mass is 9.63. The zero-order valence-electron chi connectivity index (χ0n) is 14.7. The number of carbonyl (C=O) groups is 2. The maximum Gasteiger partial charge on any atom is 0.251 e. The number of benzene rings is 1. The highest BCUT2D eigenvalue weighted by Crippen LogP contribution is 2.45. The largest absolute Gasteiger partial charge is 0.368 e. The van der Waals surface area contributed by atoms with Gasteiger partial charge in [-0.2, -0.15) is 0 Å². The van der Waals surface area contributed by atoms with Gasteiger partial charge >= 0.3 is 0 Å². The van der Waals surface area contributed by atoms with E-state index in [0.29, 0.717) is 32.8 Å². The van der Waals surface area contributed by atoms with E-state index in [1.165, 1.54) is 0 Å². The molecule has 1 aromatic rings. The Bertz CT molecular complexity index is 628. The van der Waals surface area contributed by atoms with Crippen molar-refractivity contribution in [3.63, 3.8) is 0 Å². The van der Waals surface area contributed by atoms with Gasteiger partial charge in [-0.1, -0.05) is 36.8 Å². The highest BCUT2D eigenvalue weighted by atomic mass is 16.5. The van der Waals surface area contributed by atoms with Gasteiger partial charge < -0.3 is 14.5 Å². The van der Waals surface area contributed by atoms with E-state index in [0.717, 1.165) is 37.7 Å². The zero-order chi connectivity index (χ0) is 17.3. The molecule has 2 amide bonds. The smallest absolute Gasteiger partial charge is 0.251 e. The first-order valence-electron chi connectivity index (χ1n) is 9.46. The molecule has 3 fully saturated rings. The van der Waals surface area contributed by atoms with E-state index in [-0.39, 0.29) is 23.3 Å². The minimum Gasteiger partial charge on any atom is -0.368 e. The molecule has 0 radical (unpaired) electrons. The fraction of sp³-hybridized carbons (Fsp3) is 0.600. The molecule has 3 aliphatic rings. The molecule has 25 heavy (non-hydrogen) atoms. The van der Waals surface area contributed by atoms with Crippen LogP contribution in [0.4, 0.5) is 0 Å². The van der Waals surface area contributed by atoms with E-state index in [1.54, 1.807) is 0 Å². The number of carbonyl (C=O) groups excluding carboxylic acids is 2. The van der Waals surface area contributed by atoms with Crippen LogP contribution in [-0.2, 0) is 19.7 Å². The third-order valence-electron chi connectivity index (χ3n) is 6.03. The lowest BCUT2D eigenvalue weighted by molar-refractivity contribution is -0.149. The highest BCUT2D eigenvalue weighted by molar-refractivity contribution is 5.89. The van der Waals surface area contributed by atoms with Gasteiger partial charge in [-0.05, 0) is 31.2 Å². The van der Waals surface area contributed by atoms with Crippen LogP contribution in [0.1, 0.15) is 37.7 Å². The van der Waals surface area contributed by atoms with Gasteiger partial charge in [0.25, 0.3) is 5.91 Å². The summed E-state index contributed by atoms with van der Waals surface area (Å²) in [5, 5.41) is 0. The van der Waals surface area contributed by atoms with Gasteiger partial charge in [-0.25, -0.2) is 0 Å². The standard InChI is InChI=1S/C20H26N2O3/c23-18(17-8-4-15-25-17)21-11-13-22(14-12-21)19(24)20(9-5-10-20)16-6-2-1-3-7-16/h1-3,6-7,17H,4-5,8-15H2. The average Bonchev–Trinajstić information content (AvgIpc) is 3.16. The number of amides is 2. The van der Waals surface area contributed by atoms with Crippen molar-refractivity contribution >= 4 is 11.8 Å². The molecule has 0 spiro atoms. The molecule has 0 aromatic heterocycles. The van der Waals surface area contributed by atoms with Crippen LogP contribution in [0.3, 0.4) is 0 Å². The number of ether oxygens (including phenoxy) is 1. The minimum atomic E-state index is -0.331. The molecule has 0 bridgehead atoms. The Morgan fingerprint density at radius 2 is 1.64 bits per heavy atom. The van der Waals surface area contributed by atoms with Crippen LogP contribution in [0.25, 0.3) is 0 Å². The van der Waals surface area contributed by atoms with Crippen molar-refractivity contribution in [3.05, 3.63) is 35.9 Å². The van der Waals surface area contributed by atoms with Crippen molar-refractivity contribution in [3.8, 4) is 0 Å². The second-order valence-electron chi connectivity index (χ2n) is 7.42. The van der Waals surface area contributed by atoms with Crippen LogP contribution in [-0.4, -0.2) is 60.5 Å². The lowest BCUT2D eigenvalue weighted by Crippen LogP contribution is -2.58. The first kappa shape index (κ1) is 16.6. The molecule has 4 rings (SSSR count). The van der Waals surface area contributed by atoms with E-state index in [1.807, 2.05) is 28.0 Å². The predicted molar refractivity (Wildman–Crippen MR) is 94.1 cm³/mol. The van der Waals surface area contributed by atoms with Crippen LogP contribution in [0.5, 0.6) is 0 Å². The summed E-state index contributed by atoms with van der Waals surface area (Å²) in [4.78, 5) is 29.5. The molecule has 1 unspecified atom stereocenters. The maximum absolute atomic E-state index is 13.2. The second-order valence-corrected chi connectivity index (χ2v) is 7.42. The third kappa shape index (κ3) is 2.95. The van der Waals surface area contributed by atoms with Gasteiger partial charge in [0.1, 0.15) is 6.10 Å². The van der Waals surface area contributed by atoms with Gasteiger partial charge in [0, 0.05) is 32.8 Å². The summed E-state index contributed by atoms with van der Waals surface area (Å²) in [6, 6.07) is 10.2. The molecule has 5 heteroatoms. The molecular weight excluding hydrogens is 316 g/mol. The van der Waals surface area contributed by atoms with Crippen molar-refractivity contribution in [2.45, 2.75) is 43.6 Å². The molecule has 2 heterocycles. The quantitative estimate of drug-likeness (QED) is 0.844. The van der Waals surface area contributed by atoms with Crippen molar-refractivity contribution < 1.29 is 14.3 Å². The van der Waals surface area contributed by atoms with Crippen molar-refractivity contribution in [2.24, 2.45) is 0 Å². The van der Waals surface area contributed by atoms with Gasteiger partial charge in [0.05, 0.1) is 5.41 Å². The highest BCUT2D eigenvalue weighted by Gasteiger charge is 2.48. The van der Waals surface area contributed by atoms with Crippen molar-refractivity contribution in [1.29, 1.82) is 0 Å².